The molecule has 1 aliphatic rings. The topological polar surface area (TPSA) is 54.3 Å². The van der Waals surface area contributed by atoms with Gasteiger partial charge in [-0.1, -0.05) is 35.0 Å². The Bertz CT molecular complexity index is 610. The normalized spacial score (nSPS) is 18.5. The van der Waals surface area contributed by atoms with Crippen LogP contribution in [-0.2, 0) is 9.57 Å². The van der Waals surface area contributed by atoms with Crippen molar-refractivity contribution in [3.63, 3.8) is 0 Å². The van der Waals surface area contributed by atoms with E-state index < -0.39 is 6.10 Å². The van der Waals surface area contributed by atoms with Gasteiger partial charge in [0.15, 0.2) is 0 Å². The van der Waals surface area contributed by atoms with Crippen LogP contribution in [0.3, 0.4) is 0 Å². The van der Waals surface area contributed by atoms with Crippen LogP contribution in [0.5, 0.6) is 0 Å². The Morgan fingerprint density at radius 2 is 2.12 bits per heavy atom. The van der Waals surface area contributed by atoms with Gasteiger partial charge in [-0.3, -0.25) is 4.90 Å². The van der Waals surface area contributed by atoms with Crippen LogP contribution in [0.4, 0.5) is 0 Å². The first kappa shape index (κ1) is 20.9. The summed E-state index contributed by atoms with van der Waals surface area (Å²) >= 11 is 5.93. The van der Waals surface area contributed by atoms with E-state index in [1.165, 1.54) is 0 Å². The van der Waals surface area contributed by atoms with E-state index in [1.807, 2.05) is 51.1 Å². The summed E-state index contributed by atoms with van der Waals surface area (Å²) in [6, 6.07) is 7.59. The molecule has 0 aromatic heterocycles. The molecule has 0 bridgehead atoms. The predicted molar refractivity (Wildman–Crippen MR) is 106 cm³/mol. The Morgan fingerprint density at radius 1 is 1.42 bits per heavy atom. The summed E-state index contributed by atoms with van der Waals surface area (Å²) in [5, 5.41) is 15.2. The lowest BCUT2D eigenvalue weighted by atomic mass is 10.0. The minimum absolute atomic E-state index is 0.0450. The lowest BCUT2D eigenvalue weighted by Crippen LogP contribution is -2.40. The van der Waals surface area contributed by atoms with Crippen molar-refractivity contribution in [1.82, 2.24) is 4.90 Å². The van der Waals surface area contributed by atoms with Gasteiger partial charge in [-0.2, -0.15) is 0 Å². The van der Waals surface area contributed by atoms with Crippen molar-refractivity contribution >= 4 is 17.3 Å². The molecule has 0 spiro atoms. The predicted octanol–water partition coefficient (Wildman–Crippen LogP) is 3.50. The van der Waals surface area contributed by atoms with Crippen LogP contribution in [0.1, 0.15) is 32.8 Å². The third-order valence-electron chi connectivity index (χ3n) is 3.94. The number of oxime groups is 1. The van der Waals surface area contributed by atoms with Gasteiger partial charge in [-0.25, -0.2) is 0 Å². The Balaban J connectivity index is 1.84. The first-order valence-electron chi connectivity index (χ1n) is 8.90. The van der Waals surface area contributed by atoms with Gasteiger partial charge in [0, 0.05) is 31.1 Å². The molecule has 5 nitrogen and oxygen atoms in total. The van der Waals surface area contributed by atoms with Crippen molar-refractivity contribution in [2.75, 3.05) is 26.2 Å². The molecular weight excluding hydrogens is 352 g/mol. The Hall–Kier alpha value is -1.40. The highest BCUT2D eigenvalue weighted by Gasteiger charge is 2.25. The maximum Gasteiger partial charge on any atom is 0.145 e. The summed E-state index contributed by atoms with van der Waals surface area (Å²) < 4.78 is 5.66. The molecule has 1 aromatic rings. The molecule has 26 heavy (non-hydrogen) atoms. The van der Waals surface area contributed by atoms with Crippen LogP contribution in [0.15, 0.2) is 42.1 Å². The third-order valence-corrected chi connectivity index (χ3v) is 4.19. The fraction of sp³-hybridized carbons (Fsp3) is 0.550. The lowest BCUT2D eigenvalue weighted by molar-refractivity contribution is -0.0583. The SMILES string of the molecule is C=CCN(C[C@H](O)COC(C)(C)C)C[C@@H]1CC(c2ccc(Cl)cc2)=NO1. The molecule has 0 saturated carbocycles. The smallest absolute Gasteiger partial charge is 0.145 e. The number of hydrogen-bond donors (Lipinski definition) is 1. The van der Waals surface area contributed by atoms with Gasteiger partial charge in [0.05, 0.1) is 24.0 Å². The average molecular weight is 381 g/mol. The molecule has 1 N–H and O–H groups in total. The van der Waals surface area contributed by atoms with E-state index in [-0.39, 0.29) is 11.7 Å². The van der Waals surface area contributed by atoms with E-state index in [4.69, 9.17) is 21.2 Å². The first-order chi connectivity index (χ1) is 12.3. The van der Waals surface area contributed by atoms with E-state index in [2.05, 4.69) is 16.6 Å². The molecule has 0 saturated heterocycles. The maximum atomic E-state index is 10.3. The summed E-state index contributed by atoms with van der Waals surface area (Å²) in [5.41, 5.74) is 1.67. The fourth-order valence-electron chi connectivity index (χ4n) is 2.73. The quantitative estimate of drug-likeness (QED) is 0.666. The van der Waals surface area contributed by atoms with Gasteiger partial charge < -0.3 is 14.7 Å². The van der Waals surface area contributed by atoms with Crippen LogP contribution in [0, 0.1) is 0 Å². The van der Waals surface area contributed by atoms with Crippen molar-refractivity contribution in [3.8, 4) is 0 Å². The highest BCUT2D eigenvalue weighted by Crippen LogP contribution is 2.19. The van der Waals surface area contributed by atoms with Crippen LogP contribution in [0.2, 0.25) is 5.02 Å². The number of rotatable bonds is 9. The molecule has 0 amide bonds. The molecule has 0 radical (unpaired) electrons. The van der Waals surface area contributed by atoms with Crippen molar-refractivity contribution in [2.45, 2.75) is 45.0 Å². The monoisotopic (exact) mass is 380 g/mol. The highest BCUT2D eigenvalue weighted by molar-refractivity contribution is 6.30. The molecule has 1 heterocycles. The van der Waals surface area contributed by atoms with E-state index in [0.717, 1.165) is 17.7 Å². The lowest BCUT2D eigenvalue weighted by Gasteiger charge is -2.27. The minimum Gasteiger partial charge on any atom is -0.390 e. The number of halogens is 1. The summed E-state index contributed by atoms with van der Waals surface area (Å²) in [6.07, 6.45) is 1.94. The molecule has 0 fully saturated rings. The van der Waals surface area contributed by atoms with Crippen molar-refractivity contribution < 1.29 is 14.7 Å². The second-order valence-corrected chi connectivity index (χ2v) is 8.00. The Labute approximate surface area is 161 Å². The van der Waals surface area contributed by atoms with Gasteiger partial charge in [0.2, 0.25) is 0 Å². The van der Waals surface area contributed by atoms with Gasteiger partial charge in [0.25, 0.3) is 0 Å². The highest BCUT2D eigenvalue weighted by atomic mass is 35.5. The number of benzene rings is 1. The summed E-state index contributed by atoms with van der Waals surface area (Å²) in [4.78, 5) is 7.69. The van der Waals surface area contributed by atoms with Crippen molar-refractivity contribution in [3.05, 3.63) is 47.5 Å². The second kappa shape index (κ2) is 9.51. The number of aliphatic hydroxyl groups is 1. The zero-order valence-corrected chi connectivity index (χ0v) is 16.6. The molecule has 0 unspecified atom stereocenters. The minimum atomic E-state index is -0.563. The fourth-order valence-corrected chi connectivity index (χ4v) is 2.86. The number of nitrogens with zero attached hydrogens (tertiary/aromatic N) is 2. The van der Waals surface area contributed by atoms with Gasteiger partial charge in [-0.05, 0) is 38.5 Å². The number of ether oxygens (including phenoxy) is 1. The molecule has 2 atom stereocenters. The zero-order valence-electron chi connectivity index (χ0n) is 15.8. The average Bonchev–Trinajstić information content (AvgIpc) is 3.02. The molecular formula is C20H29ClN2O3. The maximum absolute atomic E-state index is 10.3. The molecule has 1 aliphatic heterocycles. The summed E-state index contributed by atoms with van der Waals surface area (Å²) in [7, 11) is 0. The van der Waals surface area contributed by atoms with E-state index >= 15 is 0 Å². The van der Waals surface area contributed by atoms with Crippen LogP contribution in [0.25, 0.3) is 0 Å². The largest absolute Gasteiger partial charge is 0.390 e. The van der Waals surface area contributed by atoms with Crippen molar-refractivity contribution in [2.24, 2.45) is 5.16 Å². The van der Waals surface area contributed by atoms with Crippen molar-refractivity contribution in [1.29, 1.82) is 0 Å². The third kappa shape index (κ3) is 7.08. The van der Waals surface area contributed by atoms with E-state index in [9.17, 15) is 5.11 Å². The number of aliphatic hydroxyl groups excluding tert-OH is 1. The van der Waals surface area contributed by atoms with Gasteiger partial charge >= 0.3 is 0 Å². The van der Waals surface area contributed by atoms with Crippen LogP contribution < -0.4 is 0 Å². The molecule has 0 aliphatic carbocycles. The van der Waals surface area contributed by atoms with E-state index in [0.29, 0.717) is 31.3 Å². The Kier molecular flexibility index (Phi) is 7.65. The molecule has 1 aromatic carbocycles. The zero-order chi connectivity index (χ0) is 19.2. The molecule has 2 rings (SSSR count). The number of hydrogen-bond acceptors (Lipinski definition) is 5. The van der Waals surface area contributed by atoms with E-state index in [1.54, 1.807) is 0 Å². The standard InChI is InChI=1S/C20H29ClN2O3/c1-5-10-23(12-17(24)14-25-20(2,3)4)13-18-11-19(22-26-18)15-6-8-16(21)9-7-15/h5-9,17-18,24H,1,10-14H2,2-4H3/t17-,18-/m0/s1. The summed E-state index contributed by atoms with van der Waals surface area (Å²) in [6.45, 7) is 11.9. The van der Waals surface area contributed by atoms with Crippen LogP contribution >= 0.6 is 11.6 Å². The Morgan fingerprint density at radius 3 is 2.73 bits per heavy atom. The van der Waals surface area contributed by atoms with Gasteiger partial charge in [-0.15, -0.1) is 6.58 Å². The summed E-state index contributed by atoms with van der Waals surface area (Å²) in [5.74, 6) is 0. The molecule has 144 valence electrons. The second-order valence-electron chi connectivity index (χ2n) is 7.56. The van der Waals surface area contributed by atoms with Gasteiger partial charge in [0.1, 0.15) is 6.10 Å². The first-order valence-corrected chi connectivity index (χ1v) is 9.28. The molecule has 6 heteroatoms. The van der Waals surface area contributed by atoms with Crippen LogP contribution in [-0.4, -0.2) is 59.8 Å².